The number of nitrogens with zero attached hydrogens (tertiary/aromatic N) is 2. The van der Waals surface area contributed by atoms with Crippen LogP contribution in [0.25, 0.3) is 0 Å². The second-order valence-corrected chi connectivity index (χ2v) is 7.89. The van der Waals surface area contributed by atoms with Crippen LogP contribution in [0.2, 0.25) is 0 Å². The minimum absolute atomic E-state index is 0.0585. The zero-order valence-corrected chi connectivity index (χ0v) is 16.5. The highest BCUT2D eigenvalue weighted by molar-refractivity contribution is 5.91. The third-order valence-corrected chi connectivity index (χ3v) is 5.84. The monoisotopic (exact) mass is 416 g/mol. The van der Waals surface area contributed by atoms with Crippen molar-refractivity contribution in [2.45, 2.75) is 24.4 Å². The highest BCUT2D eigenvalue weighted by Crippen LogP contribution is 2.46. The number of carboxylic acids is 1. The van der Waals surface area contributed by atoms with Crippen LogP contribution >= 0.6 is 0 Å². The Morgan fingerprint density at radius 2 is 1.87 bits per heavy atom. The van der Waals surface area contributed by atoms with E-state index >= 15 is 8.78 Å². The van der Waals surface area contributed by atoms with Crippen LogP contribution in [0.5, 0.6) is 5.75 Å². The molecule has 30 heavy (non-hydrogen) atoms. The zero-order valence-electron chi connectivity index (χ0n) is 16.5. The van der Waals surface area contributed by atoms with Crippen molar-refractivity contribution in [1.82, 2.24) is 9.80 Å². The summed E-state index contributed by atoms with van der Waals surface area (Å²) in [6.45, 7) is -0.891. The molecule has 2 fully saturated rings. The fourth-order valence-corrected chi connectivity index (χ4v) is 4.38. The Kier molecular flexibility index (Phi) is 4.97. The number of amides is 1. The number of fused-ring (bicyclic) bond motifs is 1. The molecule has 0 aromatic heterocycles. The Balaban J connectivity index is 1.50. The molecule has 0 spiro atoms. The van der Waals surface area contributed by atoms with E-state index in [1.165, 1.54) is 23.0 Å². The van der Waals surface area contributed by atoms with E-state index in [1.807, 2.05) is 0 Å². The molecular weight excluding hydrogens is 394 g/mol. The Morgan fingerprint density at radius 1 is 1.10 bits per heavy atom. The average Bonchev–Trinajstić information content (AvgIpc) is 3.06. The first kappa shape index (κ1) is 20.3. The van der Waals surface area contributed by atoms with Gasteiger partial charge >= 0.3 is 5.97 Å². The van der Waals surface area contributed by atoms with Gasteiger partial charge in [-0.2, -0.15) is 0 Å². The minimum Gasteiger partial charge on any atom is -0.497 e. The van der Waals surface area contributed by atoms with Gasteiger partial charge in [-0.3, -0.25) is 9.69 Å². The number of hydrogen-bond acceptors (Lipinski definition) is 4. The van der Waals surface area contributed by atoms with Crippen LogP contribution in [0.3, 0.4) is 0 Å². The first-order chi connectivity index (χ1) is 14.3. The van der Waals surface area contributed by atoms with Gasteiger partial charge in [-0.15, -0.1) is 0 Å². The van der Waals surface area contributed by atoms with E-state index in [0.717, 1.165) is 5.56 Å². The molecule has 2 saturated heterocycles. The number of carboxylic acid groups (broad SMARTS) is 1. The van der Waals surface area contributed by atoms with E-state index < -0.39 is 29.8 Å². The quantitative estimate of drug-likeness (QED) is 0.784. The molecule has 2 aromatic carbocycles. The molecule has 0 radical (unpaired) electrons. The van der Waals surface area contributed by atoms with Crippen LogP contribution in [0, 0.1) is 0 Å². The predicted molar refractivity (Wildman–Crippen MR) is 105 cm³/mol. The number of aromatic carboxylic acids is 1. The molecule has 1 amide bonds. The van der Waals surface area contributed by atoms with Crippen molar-refractivity contribution in [3.8, 4) is 5.75 Å². The number of likely N-dealkylation sites (tertiary alicyclic amines) is 2. The molecule has 4 rings (SSSR count). The van der Waals surface area contributed by atoms with Gasteiger partial charge in [0.25, 0.3) is 5.91 Å². The van der Waals surface area contributed by atoms with Gasteiger partial charge in [0.05, 0.1) is 19.2 Å². The lowest BCUT2D eigenvalue weighted by Gasteiger charge is -2.23. The molecule has 8 heteroatoms. The maximum atomic E-state index is 15.6. The molecule has 1 N–H and O–H groups in total. The Hall–Kier alpha value is -3.00. The summed E-state index contributed by atoms with van der Waals surface area (Å²) in [7, 11) is 1.52. The number of halogens is 2. The van der Waals surface area contributed by atoms with Crippen molar-refractivity contribution in [1.29, 1.82) is 0 Å². The molecule has 2 aliphatic rings. The Morgan fingerprint density at radius 3 is 2.57 bits per heavy atom. The average molecular weight is 416 g/mol. The van der Waals surface area contributed by atoms with Crippen molar-refractivity contribution in [2.24, 2.45) is 0 Å². The zero-order chi connectivity index (χ0) is 21.5. The molecule has 158 valence electrons. The molecule has 0 bridgehead atoms. The fraction of sp³-hybridized carbons (Fsp3) is 0.364. The van der Waals surface area contributed by atoms with E-state index in [2.05, 4.69) is 0 Å². The first-order valence-electron chi connectivity index (χ1n) is 9.59. The molecule has 2 aliphatic heterocycles. The predicted octanol–water partition coefficient (Wildman–Crippen LogP) is 2.67. The van der Waals surface area contributed by atoms with Gasteiger partial charge < -0.3 is 14.7 Å². The lowest BCUT2D eigenvalue weighted by molar-refractivity contribution is -0.139. The number of hydrogen-bond donors (Lipinski definition) is 1. The van der Waals surface area contributed by atoms with Crippen molar-refractivity contribution in [2.75, 3.05) is 26.7 Å². The summed E-state index contributed by atoms with van der Waals surface area (Å²) in [5, 5.41) is 9.32. The summed E-state index contributed by atoms with van der Waals surface area (Å²) < 4.78 is 36.4. The second-order valence-electron chi connectivity index (χ2n) is 7.89. The van der Waals surface area contributed by atoms with Crippen molar-refractivity contribution in [3.05, 3.63) is 65.2 Å². The van der Waals surface area contributed by atoms with Gasteiger partial charge in [-0.05, 0) is 29.3 Å². The smallest absolute Gasteiger partial charge is 0.336 e. The SMILES string of the molecule is COc1cccc(CN2C[C@@]3(F)CN(Cc4ccccc4C(=O)O)C[C@@]3(F)C2=O)c1. The normalized spacial score (nSPS) is 26.1. The maximum Gasteiger partial charge on any atom is 0.336 e. The lowest BCUT2D eigenvalue weighted by Crippen LogP contribution is -2.47. The summed E-state index contributed by atoms with van der Waals surface area (Å²) >= 11 is 0. The molecule has 6 nitrogen and oxygen atoms in total. The molecule has 2 aromatic rings. The van der Waals surface area contributed by atoms with Gasteiger partial charge in [0, 0.05) is 26.2 Å². The first-order valence-corrected chi connectivity index (χ1v) is 9.59. The van der Waals surface area contributed by atoms with Crippen LogP contribution in [0.4, 0.5) is 8.78 Å². The molecular formula is C22H22F2N2O4. The standard InChI is InChI=1S/C22H22F2N2O4/c1-30-17-7-4-5-15(9-17)10-26-13-21(23)12-25(14-22(21,24)20(26)29)11-16-6-2-3-8-18(16)19(27)28/h2-9H,10-14H2,1H3,(H,27,28)/t21-,22+/m0/s1. The van der Waals surface area contributed by atoms with Crippen molar-refractivity contribution < 1.29 is 28.2 Å². The van der Waals surface area contributed by atoms with E-state index in [4.69, 9.17) is 4.74 Å². The highest BCUT2D eigenvalue weighted by atomic mass is 19.2. The Labute approximate surface area is 172 Å². The number of rotatable bonds is 6. The van der Waals surface area contributed by atoms with Crippen LogP contribution < -0.4 is 4.74 Å². The van der Waals surface area contributed by atoms with Crippen molar-refractivity contribution >= 4 is 11.9 Å². The lowest BCUT2D eigenvalue weighted by atomic mass is 9.93. The van der Waals surface area contributed by atoms with Gasteiger partial charge in [-0.25, -0.2) is 13.6 Å². The van der Waals surface area contributed by atoms with Gasteiger partial charge in [0.15, 0.2) is 5.67 Å². The van der Waals surface area contributed by atoms with Gasteiger partial charge in [-0.1, -0.05) is 30.3 Å². The van der Waals surface area contributed by atoms with E-state index in [-0.39, 0.29) is 31.7 Å². The van der Waals surface area contributed by atoms with E-state index in [9.17, 15) is 14.7 Å². The number of alkyl halides is 2. The fourth-order valence-electron chi connectivity index (χ4n) is 4.38. The van der Waals surface area contributed by atoms with Crippen LogP contribution in [-0.4, -0.2) is 64.9 Å². The topological polar surface area (TPSA) is 70.1 Å². The summed E-state index contributed by atoms with van der Waals surface area (Å²) in [4.78, 5) is 26.9. The molecule has 2 atom stereocenters. The number of benzene rings is 2. The van der Waals surface area contributed by atoms with Gasteiger partial charge in [0.1, 0.15) is 5.75 Å². The summed E-state index contributed by atoms with van der Waals surface area (Å²) in [6, 6.07) is 13.4. The van der Waals surface area contributed by atoms with E-state index in [0.29, 0.717) is 11.3 Å². The number of carbonyl (C=O) groups excluding carboxylic acids is 1. The summed E-state index contributed by atoms with van der Waals surface area (Å²) in [5.41, 5.74) is -3.73. The number of ether oxygens (including phenoxy) is 1. The molecule has 0 saturated carbocycles. The Bertz CT molecular complexity index is 1000. The molecule has 2 heterocycles. The maximum absolute atomic E-state index is 15.6. The number of carbonyl (C=O) groups is 2. The van der Waals surface area contributed by atoms with Crippen molar-refractivity contribution in [3.63, 3.8) is 0 Å². The third-order valence-electron chi connectivity index (χ3n) is 5.84. The van der Waals surface area contributed by atoms with Gasteiger partial charge in [0.2, 0.25) is 5.67 Å². The van der Waals surface area contributed by atoms with E-state index in [1.54, 1.807) is 42.5 Å². The molecule has 0 aliphatic carbocycles. The summed E-state index contributed by atoms with van der Waals surface area (Å²) in [5.74, 6) is -1.37. The van der Waals surface area contributed by atoms with Crippen LogP contribution in [0.1, 0.15) is 21.5 Å². The van der Waals surface area contributed by atoms with Crippen LogP contribution in [-0.2, 0) is 17.9 Å². The second kappa shape index (κ2) is 7.36. The summed E-state index contributed by atoms with van der Waals surface area (Å²) in [6.07, 6.45) is 0. The third kappa shape index (κ3) is 3.31. The highest BCUT2D eigenvalue weighted by Gasteiger charge is 2.70. The van der Waals surface area contributed by atoms with Crippen LogP contribution in [0.15, 0.2) is 48.5 Å². The number of methoxy groups -OCH3 is 1. The molecule has 0 unspecified atom stereocenters. The largest absolute Gasteiger partial charge is 0.497 e. The minimum atomic E-state index is -2.65.